The van der Waals surface area contributed by atoms with E-state index < -0.39 is 0 Å². The van der Waals surface area contributed by atoms with Crippen LogP contribution in [0.3, 0.4) is 0 Å². The molecule has 0 aromatic rings. The Kier molecular flexibility index (Phi) is 2.61. The van der Waals surface area contributed by atoms with E-state index in [0.29, 0.717) is 11.0 Å². The van der Waals surface area contributed by atoms with E-state index >= 15 is 0 Å². The minimum Gasteiger partial charge on any atom is -0.260 e. The zero-order valence-corrected chi connectivity index (χ0v) is 10.4. The van der Waals surface area contributed by atoms with E-state index in [1.54, 1.807) is 0 Å². The first kappa shape index (κ1) is 11.4. The lowest BCUT2D eigenvalue weighted by atomic mass is 9.76. The fraction of sp³-hybridized carbons (Fsp3) is 1.00. The Bertz CT molecular complexity index is 248. The predicted molar refractivity (Wildman–Crippen MR) is 59.8 cm³/mol. The highest BCUT2D eigenvalue weighted by Gasteiger charge is 2.49. The second-order valence-electron chi connectivity index (χ2n) is 6.61. The monoisotopic (exact) mass is 213 g/mol. The Morgan fingerprint density at radius 2 is 1.73 bits per heavy atom. The summed E-state index contributed by atoms with van der Waals surface area (Å²) in [6, 6.07) is 0. The maximum atomic E-state index is 10.3. The highest BCUT2D eigenvalue weighted by Crippen LogP contribution is 2.31. The van der Waals surface area contributed by atoms with E-state index in [1.165, 1.54) is 19.3 Å². The van der Waals surface area contributed by atoms with Gasteiger partial charge in [-0.2, -0.15) is 5.06 Å². The fourth-order valence-electron chi connectivity index (χ4n) is 3.02. The smallest absolute Gasteiger partial charge is 0.174 e. The number of nitrogens with one attached hydrogen (secondary N) is 2. The van der Waals surface area contributed by atoms with Gasteiger partial charge in [0.2, 0.25) is 0 Å². The molecule has 0 bridgehead atoms. The van der Waals surface area contributed by atoms with Gasteiger partial charge in [0.15, 0.2) is 6.17 Å². The van der Waals surface area contributed by atoms with Gasteiger partial charge in [0.1, 0.15) is 5.54 Å². The van der Waals surface area contributed by atoms with Crippen molar-refractivity contribution >= 4 is 0 Å². The third kappa shape index (κ3) is 2.05. The molecule has 0 aromatic heterocycles. The Balaban J connectivity index is 2.14. The van der Waals surface area contributed by atoms with Crippen molar-refractivity contribution in [2.75, 3.05) is 0 Å². The second kappa shape index (κ2) is 3.44. The number of quaternary nitrogens is 1. The number of rotatable bonds is 0. The predicted octanol–water partition coefficient (Wildman–Crippen LogP) is 0.937. The van der Waals surface area contributed by atoms with Crippen LogP contribution in [0.4, 0.5) is 0 Å². The van der Waals surface area contributed by atoms with Gasteiger partial charge in [0.05, 0.1) is 0 Å². The molecule has 2 saturated heterocycles. The maximum absolute atomic E-state index is 10.3. The molecule has 0 aromatic carbocycles. The lowest BCUT2D eigenvalue weighted by Gasteiger charge is -2.49. The SMILES string of the molecule is CC1(C)CCC2CCC(C)(C)[NH+](O)C2N1. The van der Waals surface area contributed by atoms with Crippen LogP contribution >= 0.6 is 0 Å². The molecule has 3 atom stereocenters. The number of hydroxylamine groups is 2. The number of hydrogen-bond acceptors (Lipinski definition) is 2. The highest BCUT2D eigenvalue weighted by atomic mass is 16.5. The Morgan fingerprint density at radius 3 is 2.40 bits per heavy atom. The molecule has 2 fully saturated rings. The first-order valence-electron chi connectivity index (χ1n) is 6.16. The Hall–Kier alpha value is -0.120. The minimum absolute atomic E-state index is 0.00157. The van der Waals surface area contributed by atoms with E-state index in [-0.39, 0.29) is 17.2 Å². The Morgan fingerprint density at radius 1 is 1.13 bits per heavy atom. The van der Waals surface area contributed by atoms with Crippen LogP contribution in [-0.2, 0) is 0 Å². The summed E-state index contributed by atoms with van der Waals surface area (Å²) in [6.07, 6.45) is 5.09. The summed E-state index contributed by atoms with van der Waals surface area (Å²) in [5, 5.41) is 14.6. The first-order chi connectivity index (χ1) is 6.82. The van der Waals surface area contributed by atoms with Gasteiger partial charge in [-0.05, 0) is 47.0 Å². The van der Waals surface area contributed by atoms with Gasteiger partial charge in [-0.25, -0.2) is 5.21 Å². The van der Waals surface area contributed by atoms with E-state index in [0.717, 1.165) is 6.42 Å². The van der Waals surface area contributed by atoms with Crippen LogP contribution < -0.4 is 10.4 Å². The summed E-state index contributed by atoms with van der Waals surface area (Å²) in [7, 11) is 0. The normalized spacial score (nSPS) is 43.4. The van der Waals surface area contributed by atoms with Gasteiger partial charge < -0.3 is 0 Å². The molecule has 0 aliphatic carbocycles. The van der Waals surface area contributed by atoms with Crippen molar-refractivity contribution in [2.45, 2.75) is 70.6 Å². The van der Waals surface area contributed by atoms with Crippen molar-refractivity contribution in [3.63, 3.8) is 0 Å². The van der Waals surface area contributed by atoms with Crippen LogP contribution in [0.5, 0.6) is 0 Å². The zero-order chi connectivity index (χ0) is 11.3. The Labute approximate surface area is 92.8 Å². The lowest BCUT2D eigenvalue weighted by molar-refractivity contribution is -1.15. The largest absolute Gasteiger partial charge is 0.260 e. The number of hydrogen-bond donors (Lipinski definition) is 3. The number of piperidine rings is 2. The van der Waals surface area contributed by atoms with Crippen LogP contribution in [0, 0.1) is 5.92 Å². The van der Waals surface area contributed by atoms with Gasteiger partial charge in [-0.1, -0.05) is 0 Å². The van der Waals surface area contributed by atoms with Gasteiger partial charge >= 0.3 is 0 Å². The summed E-state index contributed by atoms with van der Waals surface area (Å²) < 4.78 is 0. The molecule has 0 spiro atoms. The second-order valence-corrected chi connectivity index (χ2v) is 6.61. The van der Waals surface area contributed by atoms with E-state index in [1.807, 2.05) is 0 Å². The molecule has 3 unspecified atom stereocenters. The summed E-state index contributed by atoms with van der Waals surface area (Å²) >= 11 is 0. The standard InChI is InChI=1S/C12H24N2O/c1-11(2)7-5-9-6-8-12(3,4)14(15)10(9)13-11/h9-10,13,15H,5-8H2,1-4H3/p+1. The van der Waals surface area contributed by atoms with Gasteiger partial charge in [-0.15, -0.1) is 0 Å². The third-order valence-electron chi connectivity index (χ3n) is 4.29. The van der Waals surface area contributed by atoms with Gasteiger partial charge in [-0.3, -0.25) is 5.32 Å². The summed E-state index contributed by atoms with van der Waals surface area (Å²) in [6.45, 7) is 8.78. The quantitative estimate of drug-likeness (QED) is 0.560. The number of fused-ring (bicyclic) bond motifs is 1. The molecular formula is C12H25N2O+. The summed E-state index contributed by atoms with van der Waals surface area (Å²) in [4.78, 5) is 0. The fourth-order valence-corrected chi connectivity index (χ4v) is 3.02. The molecular weight excluding hydrogens is 188 g/mol. The van der Waals surface area contributed by atoms with Crippen molar-refractivity contribution in [2.24, 2.45) is 5.92 Å². The molecule has 0 amide bonds. The average Bonchev–Trinajstić information content (AvgIpc) is 2.12. The molecule has 2 aliphatic rings. The van der Waals surface area contributed by atoms with Crippen molar-refractivity contribution in [1.82, 2.24) is 5.32 Å². The molecule has 88 valence electrons. The average molecular weight is 213 g/mol. The van der Waals surface area contributed by atoms with Crippen LogP contribution in [0.25, 0.3) is 0 Å². The molecule has 15 heavy (non-hydrogen) atoms. The molecule has 2 rings (SSSR count). The first-order valence-corrected chi connectivity index (χ1v) is 6.16. The van der Waals surface area contributed by atoms with Crippen LogP contribution in [-0.4, -0.2) is 22.5 Å². The van der Waals surface area contributed by atoms with E-state index in [9.17, 15) is 5.21 Å². The van der Waals surface area contributed by atoms with Gasteiger partial charge in [0.25, 0.3) is 0 Å². The van der Waals surface area contributed by atoms with Crippen molar-refractivity contribution in [3.8, 4) is 0 Å². The topological polar surface area (TPSA) is 36.7 Å². The van der Waals surface area contributed by atoms with Crippen molar-refractivity contribution in [3.05, 3.63) is 0 Å². The molecule has 3 heteroatoms. The van der Waals surface area contributed by atoms with Crippen LogP contribution in [0.15, 0.2) is 0 Å². The van der Waals surface area contributed by atoms with Gasteiger partial charge in [0, 0.05) is 17.9 Å². The minimum atomic E-state index is 0.00157. The van der Waals surface area contributed by atoms with E-state index in [2.05, 4.69) is 33.0 Å². The molecule has 0 saturated carbocycles. The molecule has 3 nitrogen and oxygen atoms in total. The highest BCUT2D eigenvalue weighted by molar-refractivity contribution is 4.91. The van der Waals surface area contributed by atoms with E-state index in [4.69, 9.17) is 0 Å². The molecule has 0 radical (unpaired) electrons. The van der Waals surface area contributed by atoms with Crippen LogP contribution in [0.1, 0.15) is 53.4 Å². The molecule has 3 N–H and O–H groups in total. The summed E-state index contributed by atoms with van der Waals surface area (Å²) in [5.74, 6) is 0.658. The van der Waals surface area contributed by atoms with Crippen molar-refractivity contribution in [1.29, 1.82) is 0 Å². The molecule has 2 heterocycles. The van der Waals surface area contributed by atoms with Crippen LogP contribution in [0.2, 0.25) is 0 Å². The maximum Gasteiger partial charge on any atom is 0.174 e. The molecule has 2 aliphatic heterocycles. The summed E-state index contributed by atoms with van der Waals surface area (Å²) in [5.41, 5.74) is 0.185. The third-order valence-corrected chi connectivity index (χ3v) is 4.29. The zero-order valence-electron chi connectivity index (χ0n) is 10.4. The van der Waals surface area contributed by atoms with Crippen molar-refractivity contribution < 1.29 is 10.3 Å². The lowest BCUT2D eigenvalue weighted by Crippen LogP contribution is -3.24.